The fraction of sp³-hybridized carbons (Fsp3) is 0.350. The summed E-state index contributed by atoms with van der Waals surface area (Å²) in [5, 5.41) is 10.1. The molecule has 5 nitrogen and oxygen atoms in total. The molecule has 0 saturated heterocycles. The van der Waals surface area contributed by atoms with Crippen LogP contribution in [-0.2, 0) is 23.1 Å². The van der Waals surface area contributed by atoms with Gasteiger partial charge in [0.1, 0.15) is 0 Å². The minimum Gasteiger partial charge on any atom is -0.504 e. The molecule has 2 aromatic rings. The van der Waals surface area contributed by atoms with Gasteiger partial charge in [-0.25, -0.2) is 4.79 Å². The van der Waals surface area contributed by atoms with E-state index in [9.17, 15) is 9.90 Å². The SMILES string of the molecule is COC(=O)N1CCc2cc(O)c(OC)cc2C1(C)Cc1ccccc1. The Morgan fingerprint density at radius 1 is 1.24 bits per heavy atom. The highest BCUT2D eigenvalue weighted by molar-refractivity contribution is 5.70. The lowest BCUT2D eigenvalue weighted by Gasteiger charge is -2.45. The number of fused-ring (bicyclic) bond motifs is 1. The monoisotopic (exact) mass is 341 g/mol. The summed E-state index contributed by atoms with van der Waals surface area (Å²) in [5.41, 5.74) is 2.53. The van der Waals surface area contributed by atoms with Gasteiger partial charge in [-0.05, 0) is 48.6 Å². The molecule has 1 N–H and O–H groups in total. The third kappa shape index (κ3) is 3.02. The number of methoxy groups -OCH3 is 2. The van der Waals surface area contributed by atoms with Crippen LogP contribution in [0.2, 0.25) is 0 Å². The summed E-state index contributed by atoms with van der Waals surface area (Å²) < 4.78 is 10.3. The average Bonchev–Trinajstić information content (AvgIpc) is 2.61. The van der Waals surface area contributed by atoms with Crippen LogP contribution in [0.4, 0.5) is 4.79 Å². The number of hydrogen-bond donors (Lipinski definition) is 1. The normalized spacial score (nSPS) is 19.2. The molecule has 0 radical (unpaired) electrons. The van der Waals surface area contributed by atoms with E-state index in [1.54, 1.807) is 11.0 Å². The molecule has 25 heavy (non-hydrogen) atoms. The van der Waals surface area contributed by atoms with Crippen molar-refractivity contribution in [1.29, 1.82) is 0 Å². The summed E-state index contributed by atoms with van der Waals surface area (Å²) in [4.78, 5) is 14.2. The molecule has 1 atom stereocenters. The number of benzene rings is 2. The second-order valence-corrected chi connectivity index (χ2v) is 6.49. The number of rotatable bonds is 3. The molecular formula is C20H23NO4. The molecule has 0 bridgehead atoms. The van der Waals surface area contributed by atoms with Gasteiger partial charge in [0.05, 0.1) is 19.8 Å². The number of hydrogen-bond acceptors (Lipinski definition) is 4. The molecule has 5 heteroatoms. The largest absolute Gasteiger partial charge is 0.504 e. The number of phenolic OH excluding ortho intramolecular Hbond substituents is 1. The molecule has 1 amide bonds. The van der Waals surface area contributed by atoms with E-state index >= 15 is 0 Å². The van der Waals surface area contributed by atoms with Crippen molar-refractivity contribution in [2.24, 2.45) is 0 Å². The summed E-state index contributed by atoms with van der Waals surface area (Å²) in [5.74, 6) is 0.527. The van der Waals surface area contributed by atoms with Crippen LogP contribution in [0, 0.1) is 0 Å². The van der Waals surface area contributed by atoms with Crippen LogP contribution in [0.3, 0.4) is 0 Å². The minimum atomic E-state index is -0.594. The van der Waals surface area contributed by atoms with Crippen LogP contribution in [0.15, 0.2) is 42.5 Å². The molecule has 0 aliphatic carbocycles. The van der Waals surface area contributed by atoms with Gasteiger partial charge in [0.2, 0.25) is 0 Å². The molecule has 3 rings (SSSR count). The van der Waals surface area contributed by atoms with Crippen molar-refractivity contribution >= 4 is 6.09 Å². The third-order valence-electron chi connectivity index (χ3n) is 4.97. The highest BCUT2D eigenvalue weighted by Crippen LogP contribution is 2.43. The zero-order chi connectivity index (χ0) is 18.0. The highest BCUT2D eigenvalue weighted by Gasteiger charge is 2.42. The lowest BCUT2D eigenvalue weighted by Crippen LogP contribution is -2.53. The predicted octanol–water partition coefficient (Wildman–Crippen LogP) is 3.48. The van der Waals surface area contributed by atoms with Crippen molar-refractivity contribution in [2.45, 2.75) is 25.3 Å². The lowest BCUT2D eigenvalue weighted by atomic mass is 9.78. The van der Waals surface area contributed by atoms with Gasteiger partial charge in [0.15, 0.2) is 11.5 Å². The Kier molecular flexibility index (Phi) is 4.57. The Hall–Kier alpha value is -2.69. The maximum atomic E-state index is 12.4. The first kappa shape index (κ1) is 17.1. The first-order valence-corrected chi connectivity index (χ1v) is 8.29. The first-order valence-electron chi connectivity index (χ1n) is 8.29. The van der Waals surface area contributed by atoms with Crippen molar-refractivity contribution in [3.05, 3.63) is 59.2 Å². The summed E-state index contributed by atoms with van der Waals surface area (Å²) in [6.45, 7) is 2.57. The number of aromatic hydroxyl groups is 1. The quantitative estimate of drug-likeness (QED) is 0.928. The number of ether oxygens (including phenoxy) is 2. The van der Waals surface area contributed by atoms with E-state index < -0.39 is 5.54 Å². The van der Waals surface area contributed by atoms with E-state index in [1.807, 2.05) is 43.3 Å². The Morgan fingerprint density at radius 3 is 2.60 bits per heavy atom. The van der Waals surface area contributed by atoms with Crippen molar-refractivity contribution in [3.8, 4) is 11.5 Å². The fourth-order valence-electron chi connectivity index (χ4n) is 3.69. The first-order chi connectivity index (χ1) is 12.0. The number of amides is 1. The molecule has 1 aliphatic rings. The van der Waals surface area contributed by atoms with Crippen LogP contribution in [0.25, 0.3) is 0 Å². The van der Waals surface area contributed by atoms with Crippen LogP contribution in [0.1, 0.15) is 23.6 Å². The number of carbonyl (C=O) groups excluding carboxylic acids is 1. The highest BCUT2D eigenvalue weighted by atomic mass is 16.5. The zero-order valence-corrected chi connectivity index (χ0v) is 14.8. The van der Waals surface area contributed by atoms with Gasteiger partial charge < -0.3 is 14.6 Å². The molecule has 0 spiro atoms. The van der Waals surface area contributed by atoms with E-state index in [0.29, 0.717) is 25.1 Å². The van der Waals surface area contributed by atoms with E-state index in [1.165, 1.54) is 14.2 Å². The molecule has 1 heterocycles. The van der Waals surface area contributed by atoms with Gasteiger partial charge in [-0.15, -0.1) is 0 Å². The minimum absolute atomic E-state index is 0.120. The van der Waals surface area contributed by atoms with Gasteiger partial charge in [-0.3, -0.25) is 4.90 Å². The second-order valence-electron chi connectivity index (χ2n) is 6.49. The van der Waals surface area contributed by atoms with Gasteiger partial charge >= 0.3 is 6.09 Å². The van der Waals surface area contributed by atoms with Gasteiger partial charge in [-0.1, -0.05) is 30.3 Å². The standard InChI is InChI=1S/C20H23NO4/c1-20(13-14-7-5-4-6-8-14)16-12-18(24-2)17(22)11-15(16)9-10-21(20)19(23)25-3/h4-8,11-12,22H,9-10,13H2,1-3H3. The average molecular weight is 341 g/mol. The van der Waals surface area contributed by atoms with Gasteiger partial charge in [0.25, 0.3) is 0 Å². The maximum absolute atomic E-state index is 12.4. The Balaban J connectivity index is 2.13. The number of phenols is 1. The molecule has 2 aromatic carbocycles. The molecule has 0 aromatic heterocycles. The van der Waals surface area contributed by atoms with Crippen molar-refractivity contribution in [3.63, 3.8) is 0 Å². The van der Waals surface area contributed by atoms with E-state index in [4.69, 9.17) is 9.47 Å². The van der Waals surface area contributed by atoms with Crippen molar-refractivity contribution in [2.75, 3.05) is 20.8 Å². The summed E-state index contributed by atoms with van der Waals surface area (Å²) in [6, 6.07) is 13.6. The Labute approximate surface area is 147 Å². The van der Waals surface area contributed by atoms with Crippen LogP contribution < -0.4 is 4.74 Å². The van der Waals surface area contributed by atoms with E-state index in [-0.39, 0.29) is 11.8 Å². The smallest absolute Gasteiger partial charge is 0.410 e. The molecule has 0 fully saturated rings. The van der Waals surface area contributed by atoms with Gasteiger partial charge in [-0.2, -0.15) is 0 Å². The second kappa shape index (κ2) is 6.67. The maximum Gasteiger partial charge on any atom is 0.410 e. The fourth-order valence-corrected chi connectivity index (χ4v) is 3.69. The number of carbonyl (C=O) groups is 1. The van der Waals surface area contributed by atoms with Crippen molar-refractivity contribution < 1.29 is 19.4 Å². The molecule has 132 valence electrons. The third-order valence-corrected chi connectivity index (χ3v) is 4.97. The molecular weight excluding hydrogens is 318 g/mol. The molecule has 0 saturated carbocycles. The summed E-state index contributed by atoms with van der Waals surface area (Å²) >= 11 is 0. The van der Waals surface area contributed by atoms with Gasteiger partial charge in [0, 0.05) is 6.54 Å². The molecule has 1 unspecified atom stereocenters. The van der Waals surface area contributed by atoms with E-state index in [0.717, 1.165) is 16.7 Å². The predicted molar refractivity (Wildman–Crippen MR) is 95.0 cm³/mol. The van der Waals surface area contributed by atoms with Crippen molar-refractivity contribution in [1.82, 2.24) is 4.90 Å². The zero-order valence-electron chi connectivity index (χ0n) is 14.8. The Morgan fingerprint density at radius 2 is 1.96 bits per heavy atom. The molecule has 1 aliphatic heterocycles. The van der Waals surface area contributed by atoms with Crippen LogP contribution >= 0.6 is 0 Å². The topological polar surface area (TPSA) is 59.0 Å². The Bertz CT molecular complexity index is 775. The van der Waals surface area contributed by atoms with Crippen LogP contribution in [-0.4, -0.2) is 36.9 Å². The summed E-state index contributed by atoms with van der Waals surface area (Å²) in [7, 11) is 2.93. The number of nitrogens with zero attached hydrogens (tertiary/aromatic N) is 1. The van der Waals surface area contributed by atoms with E-state index in [2.05, 4.69) is 0 Å². The lowest BCUT2D eigenvalue weighted by molar-refractivity contribution is 0.0614. The van der Waals surface area contributed by atoms with Crippen LogP contribution in [0.5, 0.6) is 11.5 Å². The summed E-state index contributed by atoms with van der Waals surface area (Å²) in [6.07, 6.45) is 0.951.